The first-order chi connectivity index (χ1) is 14.2. The van der Waals surface area contributed by atoms with Crippen molar-refractivity contribution in [2.75, 3.05) is 7.05 Å². The molecule has 3 rings (SSSR count). The lowest BCUT2D eigenvalue weighted by atomic mass is 10.3. The normalized spacial score (nSPS) is 11.0. The van der Waals surface area contributed by atoms with Crippen molar-refractivity contribution in [1.29, 1.82) is 0 Å². The first-order valence-corrected chi connectivity index (χ1v) is 9.10. The van der Waals surface area contributed by atoms with Crippen LogP contribution >= 0.6 is 11.6 Å². The minimum absolute atomic E-state index is 0.0171. The standard InChI is InChI=1S/C19H16ClF4N3O3/c1-3-27-7-11(20)14(25-27)8-26(2)19(28)15-5-4-10(30-15)9-29-18-16(23)12(21)6-13(22)17(18)24/h4-7H,3,8-9H2,1-2H3. The Morgan fingerprint density at radius 2 is 1.90 bits per heavy atom. The topological polar surface area (TPSA) is 60.5 Å². The number of aryl methyl sites for hydroxylation is 1. The Morgan fingerprint density at radius 1 is 1.23 bits per heavy atom. The van der Waals surface area contributed by atoms with Crippen molar-refractivity contribution in [3.8, 4) is 5.75 Å². The van der Waals surface area contributed by atoms with Gasteiger partial charge in [-0.15, -0.1) is 0 Å². The highest BCUT2D eigenvalue weighted by atomic mass is 35.5. The molecule has 2 aromatic heterocycles. The Kier molecular flexibility index (Phi) is 6.35. The van der Waals surface area contributed by atoms with Crippen molar-refractivity contribution in [2.24, 2.45) is 0 Å². The molecule has 3 aromatic rings. The number of amides is 1. The predicted molar refractivity (Wildman–Crippen MR) is 98.0 cm³/mol. The minimum Gasteiger partial charge on any atom is -0.479 e. The average Bonchev–Trinajstić information content (AvgIpc) is 3.32. The summed E-state index contributed by atoms with van der Waals surface area (Å²) < 4.78 is 65.5. The van der Waals surface area contributed by atoms with Crippen LogP contribution in [0.5, 0.6) is 5.75 Å². The van der Waals surface area contributed by atoms with Crippen LogP contribution in [0, 0.1) is 23.3 Å². The van der Waals surface area contributed by atoms with Crippen molar-refractivity contribution < 1.29 is 31.5 Å². The van der Waals surface area contributed by atoms with E-state index in [1.54, 1.807) is 10.9 Å². The Balaban J connectivity index is 1.67. The smallest absolute Gasteiger partial charge is 0.289 e. The molecule has 1 aromatic carbocycles. The molecule has 0 bridgehead atoms. The van der Waals surface area contributed by atoms with Crippen molar-refractivity contribution in [3.05, 3.63) is 69.9 Å². The van der Waals surface area contributed by atoms with Crippen molar-refractivity contribution in [2.45, 2.75) is 26.6 Å². The molecule has 0 aliphatic heterocycles. The number of aromatic nitrogens is 2. The van der Waals surface area contributed by atoms with Crippen LogP contribution in [0.15, 0.2) is 28.8 Å². The molecule has 160 valence electrons. The van der Waals surface area contributed by atoms with Gasteiger partial charge in [-0.05, 0) is 19.1 Å². The second-order valence-corrected chi connectivity index (χ2v) is 6.70. The van der Waals surface area contributed by atoms with Gasteiger partial charge in [0.2, 0.25) is 11.6 Å². The number of halogens is 5. The van der Waals surface area contributed by atoms with Crippen molar-refractivity contribution in [3.63, 3.8) is 0 Å². The molecular weight excluding hydrogens is 430 g/mol. The summed E-state index contributed by atoms with van der Waals surface area (Å²) in [6.07, 6.45) is 1.64. The predicted octanol–water partition coefficient (Wildman–Crippen LogP) is 4.56. The Bertz CT molecular complexity index is 1060. The highest BCUT2D eigenvalue weighted by Crippen LogP contribution is 2.27. The third kappa shape index (κ3) is 4.43. The van der Waals surface area contributed by atoms with E-state index in [0.717, 1.165) is 0 Å². The lowest BCUT2D eigenvalue weighted by molar-refractivity contribution is 0.0747. The quantitative estimate of drug-likeness (QED) is 0.395. The van der Waals surface area contributed by atoms with Crippen LogP contribution in [0.25, 0.3) is 0 Å². The maximum atomic E-state index is 13.6. The molecule has 11 heteroatoms. The molecule has 0 fully saturated rings. The number of hydrogen-bond acceptors (Lipinski definition) is 4. The van der Waals surface area contributed by atoms with Crippen LogP contribution in [-0.4, -0.2) is 27.6 Å². The summed E-state index contributed by atoms with van der Waals surface area (Å²) in [5.41, 5.74) is 0.503. The zero-order valence-corrected chi connectivity index (χ0v) is 16.6. The van der Waals surface area contributed by atoms with E-state index < -0.39 is 41.5 Å². The number of benzene rings is 1. The van der Waals surface area contributed by atoms with Crippen molar-refractivity contribution >= 4 is 17.5 Å². The van der Waals surface area contributed by atoms with Gasteiger partial charge in [0, 0.05) is 25.9 Å². The molecule has 0 unspecified atom stereocenters. The number of rotatable bonds is 7. The van der Waals surface area contributed by atoms with E-state index in [-0.39, 0.29) is 24.1 Å². The highest BCUT2D eigenvalue weighted by molar-refractivity contribution is 6.31. The van der Waals surface area contributed by atoms with Gasteiger partial charge in [-0.2, -0.15) is 13.9 Å². The minimum atomic E-state index is -1.67. The summed E-state index contributed by atoms with van der Waals surface area (Å²) in [4.78, 5) is 13.8. The van der Waals surface area contributed by atoms with Gasteiger partial charge in [-0.3, -0.25) is 9.48 Å². The van der Waals surface area contributed by atoms with E-state index in [2.05, 4.69) is 5.10 Å². The van der Waals surface area contributed by atoms with E-state index in [1.807, 2.05) is 6.92 Å². The third-order valence-corrected chi connectivity index (χ3v) is 4.46. The highest BCUT2D eigenvalue weighted by Gasteiger charge is 2.22. The molecule has 0 radical (unpaired) electrons. The summed E-state index contributed by atoms with van der Waals surface area (Å²) in [5.74, 6) is -8.29. The van der Waals surface area contributed by atoms with E-state index >= 15 is 0 Å². The largest absolute Gasteiger partial charge is 0.479 e. The number of furan rings is 1. The summed E-state index contributed by atoms with van der Waals surface area (Å²) >= 11 is 6.09. The number of carbonyl (C=O) groups is 1. The molecule has 1 amide bonds. The molecule has 30 heavy (non-hydrogen) atoms. The van der Waals surface area contributed by atoms with Crippen molar-refractivity contribution in [1.82, 2.24) is 14.7 Å². The van der Waals surface area contributed by atoms with Crippen LogP contribution in [0.3, 0.4) is 0 Å². The first-order valence-electron chi connectivity index (χ1n) is 8.73. The molecule has 2 heterocycles. The fourth-order valence-corrected chi connectivity index (χ4v) is 2.79. The van der Waals surface area contributed by atoms with E-state index in [1.165, 1.54) is 24.1 Å². The Hall–Kier alpha value is -3.01. The summed E-state index contributed by atoms with van der Waals surface area (Å²) in [7, 11) is 1.52. The lowest BCUT2D eigenvalue weighted by Crippen LogP contribution is -2.26. The maximum Gasteiger partial charge on any atom is 0.289 e. The Morgan fingerprint density at radius 3 is 2.50 bits per heavy atom. The maximum absolute atomic E-state index is 13.6. The second kappa shape index (κ2) is 8.78. The van der Waals surface area contributed by atoms with E-state index in [9.17, 15) is 22.4 Å². The fourth-order valence-electron chi connectivity index (χ4n) is 2.58. The third-order valence-electron chi connectivity index (χ3n) is 4.15. The van der Waals surface area contributed by atoms with Gasteiger partial charge in [0.05, 0.1) is 11.6 Å². The summed E-state index contributed by atoms with van der Waals surface area (Å²) in [6, 6.07) is 2.75. The van der Waals surface area contributed by atoms with Gasteiger partial charge in [0.15, 0.2) is 23.1 Å². The SMILES string of the molecule is CCn1cc(Cl)c(CN(C)C(=O)c2ccc(COc3c(F)c(F)cc(F)c3F)o2)n1. The van der Waals surface area contributed by atoms with Gasteiger partial charge in [-0.1, -0.05) is 11.6 Å². The van der Waals surface area contributed by atoms with E-state index in [0.29, 0.717) is 17.3 Å². The lowest BCUT2D eigenvalue weighted by Gasteiger charge is -2.14. The van der Waals surface area contributed by atoms with Gasteiger partial charge in [0.1, 0.15) is 18.1 Å². The number of nitrogens with zero attached hydrogens (tertiary/aromatic N) is 3. The molecule has 0 saturated heterocycles. The number of carbonyl (C=O) groups excluding carboxylic acids is 1. The van der Waals surface area contributed by atoms with Gasteiger partial charge >= 0.3 is 0 Å². The van der Waals surface area contributed by atoms with Crippen LogP contribution in [0.2, 0.25) is 5.02 Å². The Labute approximate surface area is 173 Å². The van der Waals surface area contributed by atoms with Crippen LogP contribution in [0.1, 0.15) is 28.9 Å². The molecular formula is C19H16ClF4N3O3. The van der Waals surface area contributed by atoms with Crippen LogP contribution in [0.4, 0.5) is 17.6 Å². The summed E-state index contributed by atoms with van der Waals surface area (Å²) in [5, 5.41) is 4.66. The van der Waals surface area contributed by atoms with Crippen LogP contribution < -0.4 is 4.74 Å². The molecule has 0 atom stereocenters. The molecule has 0 aliphatic rings. The molecule has 0 aliphatic carbocycles. The average molecular weight is 446 g/mol. The first kappa shape index (κ1) is 21.7. The molecule has 0 spiro atoms. The molecule has 0 N–H and O–H groups in total. The van der Waals surface area contributed by atoms with Crippen LogP contribution in [-0.2, 0) is 19.7 Å². The zero-order chi connectivity index (χ0) is 22.0. The van der Waals surface area contributed by atoms with Gasteiger partial charge in [-0.25, -0.2) is 8.78 Å². The second-order valence-electron chi connectivity index (χ2n) is 6.29. The monoisotopic (exact) mass is 445 g/mol. The number of hydrogen-bond donors (Lipinski definition) is 0. The fraction of sp³-hybridized carbons (Fsp3) is 0.263. The molecule has 0 saturated carbocycles. The molecule has 6 nitrogen and oxygen atoms in total. The van der Waals surface area contributed by atoms with Gasteiger partial charge in [0.25, 0.3) is 5.91 Å². The summed E-state index contributed by atoms with van der Waals surface area (Å²) in [6.45, 7) is 2.08. The van der Waals surface area contributed by atoms with E-state index in [4.69, 9.17) is 20.8 Å². The van der Waals surface area contributed by atoms with Gasteiger partial charge < -0.3 is 14.1 Å². The zero-order valence-electron chi connectivity index (χ0n) is 15.9. The number of ether oxygens (including phenoxy) is 1.